The third-order valence-corrected chi connectivity index (χ3v) is 3.82. The molecule has 1 aliphatic heterocycles. The van der Waals surface area contributed by atoms with Crippen molar-refractivity contribution < 1.29 is 19.4 Å². The Bertz CT molecular complexity index is 506. The van der Waals surface area contributed by atoms with Crippen molar-refractivity contribution in [3.05, 3.63) is 35.9 Å². The van der Waals surface area contributed by atoms with Gasteiger partial charge in [0, 0.05) is 6.54 Å². The standard InChI is InChI=1S/C15H20N2O4/c1-2-17(12-9-21-8-11(12)15(19)20)14(18)13(16)10-6-4-3-5-7-10/h3-7,11-13H,2,8-9,16H2,1H3,(H,19,20)/t11?,12?,13-/m0/s1. The van der Waals surface area contributed by atoms with Gasteiger partial charge >= 0.3 is 5.97 Å². The van der Waals surface area contributed by atoms with Crippen LogP contribution in [-0.2, 0) is 14.3 Å². The van der Waals surface area contributed by atoms with E-state index in [9.17, 15) is 14.7 Å². The quantitative estimate of drug-likeness (QED) is 0.830. The van der Waals surface area contributed by atoms with Gasteiger partial charge in [-0.05, 0) is 12.5 Å². The van der Waals surface area contributed by atoms with Crippen molar-refractivity contribution in [3.63, 3.8) is 0 Å². The lowest BCUT2D eigenvalue weighted by Crippen LogP contribution is -2.49. The number of likely N-dealkylation sites (N-methyl/N-ethyl adjacent to an activating group) is 1. The minimum Gasteiger partial charge on any atom is -0.481 e. The predicted octanol–water partition coefficient (Wildman–Crippen LogP) is 0.635. The number of benzene rings is 1. The van der Waals surface area contributed by atoms with E-state index in [-0.39, 0.29) is 19.1 Å². The highest BCUT2D eigenvalue weighted by Gasteiger charge is 2.40. The van der Waals surface area contributed by atoms with Crippen molar-refractivity contribution in [1.29, 1.82) is 0 Å². The van der Waals surface area contributed by atoms with Crippen molar-refractivity contribution in [3.8, 4) is 0 Å². The third kappa shape index (κ3) is 3.22. The van der Waals surface area contributed by atoms with Crippen molar-refractivity contribution in [2.24, 2.45) is 11.7 Å². The summed E-state index contributed by atoms with van der Waals surface area (Å²) in [6, 6.07) is 7.81. The van der Waals surface area contributed by atoms with Crippen LogP contribution in [0.3, 0.4) is 0 Å². The number of carboxylic acids is 1. The molecule has 6 heteroatoms. The summed E-state index contributed by atoms with van der Waals surface area (Å²) in [7, 11) is 0. The summed E-state index contributed by atoms with van der Waals surface area (Å²) in [4.78, 5) is 25.3. The molecule has 0 radical (unpaired) electrons. The molecule has 3 N–H and O–H groups in total. The van der Waals surface area contributed by atoms with E-state index < -0.39 is 24.0 Å². The van der Waals surface area contributed by atoms with Gasteiger partial charge in [0.1, 0.15) is 12.0 Å². The smallest absolute Gasteiger partial charge is 0.311 e. The zero-order valence-corrected chi connectivity index (χ0v) is 11.9. The topological polar surface area (TPSA) is 92.9 Å². The van der Waals surface area contributed by atoms with Crippen LogP contribution in [0.5, 0.6) is 0 Å². The number of rotatable bonds is 5. The molecule has 1 heterocycles. The van der Waals surface area contributed by atoms with E-state index in [1.807, 2.05) is 25.1 Å². The summed E-state index contributed by atoms with van der Waals surface area (Å²) in [5, 5.41) is 9.22. The molecule has 0 bridgehead atoms. The molecule has 1 aromatic rings. The lowest BCUT2D eigenvalue weighted by Gasteiger charge is -2.31. The molecule has 0 spiro atoms. The highest BCUT2D eigenvalue weighted by Crippen LogP contribution is 2.23. The number of carboxylic acid groups (broad SMARTS) is 1. The highest BCUT2D eigenvalue weighted by molar-refractivity contribution is 5.84. The number of amides is 1. The van der Waals surface area contributed by atoms with Gasteiger partial charge in [-0.2, -0.15) is 0 Å². The van der Waals surface area contributed by atoms with Gasteiger partial charge in [0.25, 0.3) is 0 Å². The van der Waals surface area contributed by atoms with E-state index >= 15 is 0 Å². The number of ether oxygens (including phenoxy) is 1. The molecule has 1 aromatic carbocycles. The van der Waals surface area contributed by atoms with Crippen LogP contribution in [0.1, 0.15) is 18.5 Å². The molecular formula is C15H20N2O4. The number of nitrogens with zero attached hydrogens (tertiary/aromatic N) is 1. The van der Waals surface area contributed by atoms with Gasteiger partial charge in [-0.15, -0.1) is 0 Å². The van der Waals surface area contributed by atoms with E-state index in [1.165, 1.54) is 4.90 Å². The number of carbonyl (C=O) groups excluding carboxylic acids is 1. The van der Waals surface area contributed by atoms with Gasteiger partial charge in [0.15, 0.2) is 0 Å². The lowest BCUT2D eigenvalue weighted by molar-refractivity contribution is -0.145. The molecule has 21 heavy (non-hydrogen) atoms. The normalized spacial score (nSPS) is 22.8. The molecule has 0 aliphatic carbocycles. The average molecular weight is 292 g/mol. The Labute approximate surface area is 123 Å². The van der Waals surface area contributed by atoms with Gasteiger partial charge in [-0.1, -0.05) is 30.3 Å². The van der Waals surface area contributed by atoms with E-state index in [0.717, 1.165) is 0 Å². The first-order chi connectivity index (χ1) is 10.1. The number of carbonyl (C=O) groups is 2. The van der Waals surface area contributed by atoms with Gasteiger partial charge in [0.2, 0.25) is 5.91 Å². The second kappa shape index (κ2) is 6.69. The van der Waals surface area contributed by atoms with Crippen molar-refractivity contribution >= 4 is 11.9 Å². The zero-order valence-electron chi connectivity index (χ0n) is 11.9. The Balaban J connectivity index is 2.17. The largest absolute Gasteiger partial charge is 0.481 e. The van der Waals surface area contributed by atoms with Crippen molar-refractivity contribution in [2.45, 2.75) is 19.0 Å². The van der Waals surface area contributed by atoms with E-state index in [1.54, 1.807) is 12.1 Å². The van der Waals surface area contributed by atoms with Gasteiger partial charge in [-0.25, -0.2) is 0 Å². The van der Waals surface area contributed by atoms with E-state index in [4.69, 9.17) is 10.5 Å². The molecule has 0 aromatic heterocycles. The third-order valence-electron chi connectivity index (χ3n) is 3.82. The summed E-state index contributed by atoms with van der Waals surface area (Å²) in [6.45, 7) is 2.58. The summed E-state index contributed by atoms with van der Waals surface area (Å²) in [5.41, 5.74) is 6.74. The lowest BCUT2D eigenvalue weighted by atomic mass is 10.00. The summed E-state index contributed by atoms with van der Waals surface area (Å²) >= 11 is 0. The predicted molar refractivity (Wildman–Crippen MR) is 76.5 cm³/mol. The maximum absolute atomic E-state index is 12.6. The van der Waals surface area contributed by atoms with E-state index in [0.29, 0.717) is 12.1 Å². The molecule has 114 valence electrons. The first kappa shape index (κ1) is 15.5. The summed E-state index contributed by atoms with van der Waals surface area (Å²) in [6.07, 6.45) is 0. The number of hydrogen-bond donors (Lipinski definition) is 2. The molecule has 3 atom stereocenters. The molecule has 0 saturated carbocycles. The van der Waals surface area contributed by atoms with Crippen LogP contribution in [0.25, 0.3) is 0 Å². The summed E-state index contributed by atoms with van der Waals surface area (Å²) in [5.74, 6) is -1.92. The van der Waals surface area contributed by atoms with Gasteiger partial charge < -0.3 is 20.5 Å². The SMILES string of the molecule is CCN(C(=O)[C@@H](N)c1ccccc1)C1COCC1C(=O)O. The zero-order chi connectivity index (χ0) is 15.4. The van der Waals surface area contributed by atoms with Gasteiger partial charge in [-0.3, -0.25) is 9.59 Å². The Morgan fingerprint density at radius 2 is 2.05 bits per heavy atom. The number of nitrogens with two attached hydrogens (primary N) is 1. The van der Waals surface area contributed by atoms with Crippen LogP contribution in [0.4, 0.5) is 0 Å². The first-order valence-electron chi connectivity index (χ1n) is 6.97. The van der Waals surface area contributed by atoms with Gasteiger partial charge in [0.05, 0.1) is 19.3 Å². The monoisotopic (exact) mass is 292 g/mol. The summed E-state index contributed by atoms with van der Waals surface area (Å²) < 4.78 is 5.23. The van der Waals surface area contributed by atoms with Crippen LogP contribution in [0.2, 0.25) is 0 Å². The molecule has 6 nitrogen and oxygen atoms in total. The first-order valence-corrected chi connectivity index (χ1v) is 6.97. The second-order valence-corrected chi connectivity index (χ2v) is 5.06. The second-order valence-electron chi connectivity index (χ2n) is 5.06. The van der Waals surface area contributed by atoms with Crippen molar-refractivity contribution in [1.82, 2.24) is 4.90 Å². The fourth-order valence-electron chi connectivity index (χ4n) is 2.62. The van der Waals surface area contributed by atoms with Crippen molar-refractivity contribution in [2.75, 3.05) is 19.8 Å². The Kier molecular flexibility index (Phi) is 4.93. The fraction of sp³-hybridized carbons (Fsp3) is 0.467. The molecule has 2 rings (SSSR count). The van der Waals surface area contributed by atoms with E-state index in [2.05, 4.69) is 0 Å². The molecule has 2 unspecified atom stereocenters. The van der Waals surface area contributed by atoms with Crippen LogP contribution in [-0.4, -0.2) is 47.7 Å². The fourth-order valence-corrected chi connectivity index (χ4v) is 2.62. The van der Waals surface area contributed by atoms with Crippen LogP contribution in [0, 0.1) is 5.92 Å². The molecule has 1 fully saturated rings. The maximum atomic E-state index is 12.6. The minimum absolute atomic E-state index is 0.129. The highest BCUT2D eigenvalue weighted by atomic mass is 16.5. The molecule has 1 saturated heterocycles. The molecular weight excluding hydrogens is 272 g/mol. The molecule has 1 aliphatic rings. The number of hydrogen-bond acceptors (Lipinski definition) is 4. The molecule has 1 amide bonds. The Hall–Kier alpha value is -1.92. The minimum atomic E-state index is -0.947. The Morgan fingerprint density at radius 3 is 2.62 bits per heavy atom. The van der Waals surface area contributed by atoms with Crippen LogP contribution < -0.4 is 5.73 Å². The maximum Gasteiger partial charge on any atom is 0.311 e. The number of aliphatic carboxylic acids is 1. The van der Waals surface area contributed by atoms with Crippen LogP contribution in [0.15, 0.2) is 30.3 Å². The Morgan fingerprint density at radius 1 is 1.38 bits per heavy atom. The van der Waals surface area contributed by atoms with Crippen LogP contribution >= 0.6 is 0 Å². The average Bonchev–Trinajstić information content (AvgIpc) is 2.97.